The van der Waals surface area contributed by atoms with Gasteiger partial charge in [0.2, 0.25) is 0 Å². The van der Waals surface area contributed by atoms with E-state index in [1.165, 1.54) is 82.4 Å². The molecule has 1 nitrogen and oxygen atoms in total. The Morgan fingerprint density at radius 3 is 1.77 bits per heavy atom. The number of hydrogen-bond acceptors (Lipinski definition) is 1. The van der Waals surface area contributed by atoms with Crippen LogP contribution in [-0.4, -0.2) is 0 Å². The smallest absolute Gasteiger partial charge is 0.0714 e. The Labute approximate surface area is 364 Å². The molecule has 1 aliphatic carbocycles. The van der Waals surface area contributed by atoms with Gasteiger partial charge in [0.15, 0.2) is 0 Å². The zero-order valence-corrected chi connectivity index (χ0v) is 34.7. The minimum atomic E-state index is -0.498. The first-order chi connectivity index (χ1) is 30.7. The summed E-state index contributed by atoms with van der Waals surface area (Å²) in [5.41, 5.74) is 14.2. The maximum atomic E-state index is 2.46. The Morgan fingerprint density at radius 2 is 1.02 bits per heavy atom. The number of nitrogens with zero attached hydrogens (tertiary/aromatic N) is 1. The Kier molecular flexibility index (Phi) is 9.44. The second kappa shape index (κ2) is 15.7. The number of allylic oxidation sites excluding steroid dienone is 3. The Morgan fingerprint density at radius 1 is 0.435 bits per heavy atom. The van der Waals surface area contributed by atoms with Gasteiger partial charge in [-0.2, -0.15) is 0 Å². The molecule has 0 amide bonds. The summed E-state index contributed by atoms with van der Waals surface area (Å²) < 4.78 is 0. The molecule has 0 radical (unpaired) electrons. The van der Waals surface area contributed by atoms with Crippen LogP contribution in [0.5, 0.6) is 0 Å². The normalized spacial score (nSPS) is 13.1. The van der Waals surface area contributed by atoms with Gasteiger partial charge in [-0.15, -0.1) is 0 Å². The van der Waals surface area contributed by atoms with Crippen molar-refractivity contribution in [2.75, 3.05) is 4.90 Å². The van der Waals surface area contributed by atoms with Crippen molar-refractivity contribution >= 4 is 43.7 Å². The number of rotatable bonds is 9. The molecule has 0 N–H and O–H groups in total. The second-order valence-electron chi connectivity index (χ2n) is 16.4. The Bertz CT molecular complexity index is 3280. The minimum Gasteiger partial charge on any atom is -0.311 e. The summed E-state index contributed by atoms with van der Waals surface area (Å²) in [6.45, 7) is 2.15. The maximum absolute atomic E-state index is 2.46. The summed E-state index contributed by atoms with van der Waals surface area (Å²) in [7, 11) is 0. The van der Waals surface area contributed by atoms with Crippen molar-refractivity contribution in [2.45, 2.75) is 18.8 Å². The lowest BCUT2D eigenvalue weighted by Gasteiger charge is -2.35. The standard InChI is InChI=1S/C61H45N/c1-2-52(24-15-16-43-28-29-44-17-9-10-19-48(44)40-43)62(53-36-34-45(35-37-53)49-33-32-47-31-30-46-18-11-12-25-55(46)58(47)41-49)54-38-39-57-56-26-13-14-27-59(56)61(60(57)42-54,50-20-5-3-6-21-50)51-22-7-4-8-23-51/h2-15,17-42H,16H2,1H3/b24-15-,52-2+. The molecule has 0 bridgehead atoms. The van der Waals surface area contributed by atoms with E-state index in [1.54, 1.807) is 0 Å². The number of hydrogen-bond donors (Lipinski definition) is 0. The number of anilines is 2. The molecule has 294 valence electrons. The average Bonchev–Trinajstić information content (AvgIpc) is 3.64. The van der Waals surface area contributed by atoms with E-state index in [1.807, 2.05) is 0 Å². The van der Waals surface area contributed by atoms with E-state index < -0.39 is 5.41 Å². The van der Waals surface area contributed by atoms with E-state index in [4.69, 9.17) is 0 Å². The molecule has 0 heterocycles. The maximum Gasteiger partial charge on any atom is 0.0714 e. The van der Waals surface area contributed by atoms with Gasteiger partial charge in [-0.3, -0.25) is 0 Å². The molecule has 0 aromatic heterocycles. The number of fused-ring (bicyclic) bond motifs is 7. The fraction of sp³-hybridized carbons (Fsp3) is 0.0492. The molecule has 0 saturated carbocycles. The van der Waals surface area contributed by atoms with Gasteiger partial charge in [0, 0.05) is 17.1 Å². The molecule has 11 rings (SSSR count). The van der Waals surface area contributed by atoms with Gasteiger partial charge in [0.25, 0.3) is 0 Å². The van der Waals surface area contributed by atoms with E-state index in [-0.39, 0.29) is 0 Å². The van der Waals surface area contributed by atoms with E-state index in [0.29, 0.717) is 0 Å². The summed E-state index contributed by atoms with van der Waals surface area (Å²) in [5, 5.41) is 7.61. The highest BCUT2D eigenvalue weighted by atomic mass is 15.1. The third-order valence-electron chi connectivity index (χ3n) is 12.9. The van der Waals surface area contributed by atoms with E-state index in [2.05, 4.69) is 255 Å². The van der Waals surface area contributed by atoms with Crippen LogP contribution in [0.2, 0.25) is 0 Å². The van der Waals surface area contributed by atoms with E-state index in [0.717, 1.165) is 23.5 Å². The highest BCUT2D eigenvalue weighted by Crippen LogP contribution is 2.57. The SMILES string of the molecule is C/C=C(\C=C/Cc1ccc2ccccc2c1)N(c1ccc(-c2ccc3ccc4ccccc4c3c2)cc1)c1ccc2c(c1)C(c1ccccc1)(c1ccccc1)c1ccccc1-2. The third kappa shape index (κ3) is 6.33. The predicted octanol–water partition coefficient (Wildman–Crippen LogP) is 16.0. The average molecular weight is 792 g/mol. The van der Waals surface area contributed by atoms with Crippen molar-refractivity contribution < 1.29 is 0 Å². The monoisotopic (exact) mass is 791 g/mol. The van der Waals surface area contributed by atoms with Gasteiger partial charge in [0.1, 0.15) is 0 Å². The molecule has 0 saturated heterocycles. The van der Waals surface area contributed by atoms with Crippen LogP contribution < -0.4 is 4.90 Å². The molecular formula is C61H45N. The van der Waals surface area contributed by atoms with E-state index >= 15 is 0 Å². The zero-order valence-electron chi connectivity index (χ0n) is 34.7. The van der Waals surface area contributed by atoms with Crippen LogP contribution in [0, 0.1) is 0 Å². The van der Waals surface area contributed by atoms with Gasteiger partial charge in [-0.1, -0.05) is 206 Å². The molecule has 0 atom stereocenters. The van der Waals surface area contributed by atoms with Crippen molar-refractivity contribution in [3.05, 3.63) is 276 Å². The summed E-state index contributed by atoms with van der Waals surface area (Å²) >= 11 is 0. The quantitative estimate of drug-likeness (QED) is 0.104. The lowest BCUT2D eigenvalue weighted by Crippen LogP contribution is -2.28. The van der Waals surface area contributed by atoms with Gasteiger partial charge in [-0.05, 0) is 132 Å². The molecule has 0 aliphatic heterocycles. The first-order valence-electron chi connectivity index (χ1n) is 21.7. The molecular weight excluding hydrogens is 747 g/mol. The fourth-order valence-electron chi connectivity index (χ4n) is 9.98. The van der Waals surface area contributed by atoms with Crippen LogP contribution in [0.4, 0.5) is 11.4 Å². The molecule has 0 unspecified atom stereocenters. The van der Waals surface area contributed by atoms with Crippen molar-refractivity contribution in [1.82, 2.24) is 0 Å². The van der Waals surface area contributed by atoms with Gasteiger partial charge in [0.05, 0.1) is 5.41 Å². The molecule has 10 aromatic carbocycles. The van der Waals surface area contributed by atoms with Crippen molar-refractivity contribution in [2.24, 2.45) is 0 Å². The summed E-state index contributed by atoms with van der Waals surface area (Å²) in [6, 6.07) is 82.7. The Hall–Kier alpha value is -7.74. The topological polar surface area (TPSA) is 3.24 Å². The second-order valence-corrected chi connectivity index (χ2v) is 16.4. The molecule has 1 heteroatoms. The largest absolute Gasteiger partial charge is 0.311 e. The van der Waals surface area contributed by atoms with Crippen LogP contribution in [0.15, 0.2) is 248 Å². The number of benzene rings is 10. The first kappa shape index (κ1) is 37.3. The highest BCUT2D eigenvalue weighted by molar-refractivity contribution is 6.08. The molecule has 10 aromatic rings. The fourth-order valence-corrected chi connectivity index (χ4v) is 9.98. The predicted molar refractivity (Wildman–Crippen MR) is 263 cm³/mol. The molecule has 0 spiro atoms. The van der Waals surface area contributed by atoms with Crippen LogP contribution in [0.1, 0.15) is 34.7 Å². The highest BCUT2D eigenvalue weighted by Gasteiger charge is 2.46. The molecule has 0 fully saturated rings. The van der Waals surface area contributed by atoms with Crippen LogP contribution >= 0.6 is 0 Å². The van der Waals surface area contributed by atoms with Crippen molar-refractivity contribution in [3.8, 4) is 22.3 Å². The van der Waals surface area contributed by atoms with Crippen molar-refractivity contribution in [3.63, 3.8) is 0 Å². The molecule has 1 aliphatic rings. The van der Waals surface area contributed by atoms with Crippen molar-refractivity contribution in [1.29, 1.82) is 0 Å². The lowest BCUT2D eigenvalue weighted by molar-refractivity contribution is 0.768. The van der Waals surface area contributed by atoms with Crippen LogP contribution in [0.3, 0.4) is 0 Å². The third-order valence-corrected chi connectivity index (χ3v) is 12.9. The van der Waals surface area contributed by atoms with Gasteiger partial charge >= 0.3 is 0 Å². The summed E-state index contributed by atoms with van der Waals surface area (Å²) in [4.78, 5) is 2.43. The van der Waals surface area contributed by atoms with Crippen LogP contribution in [-0.2, 0) is 11.8 Å². The molecule has 62 heavy (non-hydrogen) atoms. The summed E-state index contributed by atoms with van der Waals surface area (Å²) in [5.74, 6) is 0. The van der Waals surface area contributed by atoms with Crippen LogP contribution in [0.25, 0.3) is 54.6 Å². The first-order valence-corrected chi connectivity index (χ1v) is 21.7. The summed E-state index contributed by atoms with van der Waals surface area (Å²) in [6.07, 6.45) is 7.67. The zero-order chi connectivity index (χ0) is 41.5. The van der Waals surface area contributed by atoms with Gasteiger partial charge < -0.3 is 4.90 Å². The van der Waals surface area contributed by atoms with Gasteiger partial charge in [-0.25, -0.2) is 0 Å². The minimum absolute atomic E-state index is 0.498. The lowest BCUT2D eigenvalue weighted by atomic mass is 9.67. The Balaban J connectivity index is 1.05. The van der Waals surface area contributed by atoms with E-state index in [9.17, 15) is 0 Å².